The second-order valence-corrected chi connectivity index (χ2v) is 31.9. The number of hydrogen-bond donors (Lipinski definition) is 0. The fourth-order valence-corrected chi connectivity index (χ4v) is 29.9. The van der Waals surface area contributed by atoms with Crippen LogP contribution in [-0.2, 0) is 4.66 Å². The van der Waals surface area contributed by atoms with E-state index >= 15 is 0 Å². The van der Waals surface area contributed by atoms with Crippen molar-refractivity contribution in [2.24, 2.45) is 0 Å². The molecule has 0 amide bonds. The number of para-hydroxylation sites is 6. The third kappa shape index (κ3) is 5.78. The normalized spacial score (nSPS) is 13.6. The molecule has 1 aliphatic rings. The lowest BCUT2D eigenvalue weighted by molar-refractivity contribution is 0.453. The Morgan fingerprint density at radius 2 is 1.04 bits per heavy atom. The minimum Gasteiger partial charge on any atom is -0.457 e. The van der Waals surface area contributed by atoms with Gasteiger partial charge in [0, 0.05) is 44.5 Å². The van der Waals surface area contributed by atoms with Crippen molar-refractivity contribution in [2.75, 3.05) is 0 Å². The van der Waals surface area contributed by atoms with Gasteiger partial charge >= 0.3 is 0 Å². The molecule has 4 aromatic heterocycles. The Balaban J connectivity index is 1.22. The summed E-state index contributed by atoms with van der Waals surface area (Å²) in [6.07, 6.45) is 7.22. The number of ether oxygens (including phenoxy) is 1. The largest absolute Gasteiger partial charge is 0.457 e. The number of imidazole rings is 2. The van der Waals surface area contributed by atoms with E-state index in [9.17, 15) is 0 Å². The van der Waals surface area contributed by atoms with Gasteiger partial charge in [-0.3, -0.25) is 8.97 Å². The highest BCUT2D eigenvalue weighted by Crippen LogP contribution is 2.56. The van der Waals surface area contributed by atoms with Gasteiger partial charge in [0.25, 0.3) is 0 Å². The summed E-state index contributed by atoms with van der Waals surface area (Å²) >= 11 is 0. The van der Waals surface area contributed by atoms with Crippen LogP contribution in [0.5, 0.6) is 11.5 Å². The van der Waals surface area contributed by atoms with Crippen LogP contribution in [0.4, 0.5) is 0 Å². The molecule has 67 heavy (non-hydrogen) atoms. The van der Waals surface area contributed by atoms with E-state index < -0.39 is 28.9 Å². The zero-order valence-corrected chi connectivity index (χ0v) is 40.7. The molecular weight excluding hydrogens is 871 g/mol. The Kier molecular flexibility index (Phi) is 9.47. The van der Waals surface area contributed by atoms with Gasteiger partial charge in [-0.25, -0.2) is 24.9 Å². The van der Waals surface area contributed by atoms with Gasteiger partial charge in [0.2, 0.25) is 5.78 Å². The number of rotatable bonds is 9. The lowest BCUT2D eigenvalue weighted by atomic mass is 9.98. The van der Waals surface area contributed by atoms with Crippen LogP contribution >= 0.6 is 0 Å². The zero-order valence-electron chi connectivity index (χ0n) is 37.7. The van der Waals surface area contributed by atoms with E-state index in [0.29, 0.717) is 0 Å². The predicted octanol–water partition coefficient (Wildman–Crippen LogP) is 8.09. The Hall–Kier alpha value is -7.58. The number of aromatic nitrogens is 7. The zero-order chi connectivity index (χ0) is 45.4. The fourth-order valence-electron chi connectivity index (χ4n) is 12.0. The first-order valence-electron chi connectivity index (χ1n) is 22.8. The van der Waals surface area contributed by atoms with Crippen LogP contribution in [0.15, 0.2) is 213 Å². The molecule has 0 unspecified atom stereocenters. The van der Waals surface area contributed by atoms with E-state index in [0.717, 1.165) is 55.7 Å². The average molecular weight is 918 g/mol. The third-order valence-corrected chi connectivity index (χ3v) is 31.2. The van der Waals surface area contributed by atoms with Gasteiger partial charge in [0.05, 0.1) is 22.1 Å². The third-order valence-electron chi connectivity index (χ3n) is 14.7. The SMILES string of the molecule is C[Si](C)(c1ccncn1)C1([Si](C)(C)c2ccncn2)c2ccccc2Oc2c1cccc2[Si](c1ccccc1)(c1ccccc1)c1cccc(-n2c3ccccc3n3c4ccccc4nc23)c1. The van der Waals surface area contributed by atoms with Gasteiger partial charge < -0.3 is 4.74 Å². The van der Waals surface area contributed by atoms with E-state index in [1.165, 1.54) is 31.9 Å². The van der Waals surface area contributed by atoms with Gasteiger partial charge in [0.1, 0.15) is 40.3 Å². The van der Waals surface area contributed by atoms with Crippen molar-refractivity contribution >= 4 is 83.4 Å². The van der Waals surface area contributed by atoms with Crippen molar-refractivity contribution in [3.05, 3.63) is 224 Å². The highest BCUT2D eigenvalue weighted by Gasteiger charge is 2.65. The van der Waals surface area contributed by atoms with Crippen molar-refractivity contribution in [3.8, 4) is 17.2 Å². The highest BCUT2D eigenvalue weighted by molar-refractivity contribution is 7.20. The molecule has 324 valence electrons. The standard InChI is InChI=1S/C56H47N7OSi3/c1-65(2,52-33-35-57-38-59-52)56(66(3,4)53-34-36-58-39-60-53)44-25-11-16-31-50(44)64-54-45(56)26-18-32-51(54)67(41-20-7-5-8-21-41,42-22-9-6-10-23-42)43-24-17-19-40(37-43)62-48-29-14-15-30-49(48)63-47-28-13-12-27-46(47)61-55(62)63/h5-39H,1-4H3. The van der Waals surface area contributed by atoms with Crippen molar-refractivity contribution in [3.63, 3.8) is 0 Å². The van der Waals surface area contributed by atoms with Crippen molar-refractivity contribution in [1.29, 1.82) is 0 Å². The van der Waals surface area contributed by atoms with Crippen LogP contribution in [0, 0.1) is 0 Å². The van der Waals surface area contributed by atoms with E-state index in [4.69, 9.17) is 19.7 Å². The molecule has 11 aromatic rings. The van der Waals surface area contributed by atoms with Crippen molar-refractivity contribution in [1.82, 2.24) is 33.9 Å². The molecule has 8 nitrogen and oxygen atoms in total. The van der Waals surface area contributed by atoms with E-state index in [1.54, 1.807) is 12.7 Å². The van der Waals surface area contributed by atoms with E-state index in [1.807, 2.05) is 12.4 Å². The molecule has 0 fully saturated rings. The number of nitrogens with zero attached hydrogens (tertiary/aromatic N) is 7. The van der Waals surface area contributed by atoms with Gasteiger partial charge in [-0.2, -0.15) is 0 Å². The maximum Gasteiger partial charge on any atom is 0.220 e. The van der Waals surface area contributed by atoms with Gasteiger partial charge in [-0.05, 0) is 75.3 Å². The number of hydrogen-bond acceptors (Lipinski definition) is 6. The van der Waals surface area contributed by atoms with Crippen LogP contribution < -0.4 is 36.1 Å². The maximum atomic E-state index is 7.64. The summed E-state index contributed by atoms with van der Waals surface area (Å²) in [5, 5.41) is 7.11. The molecule has 1 aliphatic heterocycles. The molecule has 0 aliphatic carbocycles. The van der Waals surface area contributed by atoms with Crippen LogP contribution in [-0.4, -0.2) is 58.1 Å². The second-order valence-electron chi connectivity index (χ2n) is 18.6. The van der Waals surface area contributed by atoms with Crippen molar-refractivity contribution in [2.45, 2.75) is 30.8 Å². The molecule has 7 aromatic carbocycles. The number of fused-ring (bicyclic) bond motifs is 7. The summed E-state index contributed by atoms with van der Waals surface area (Å²) in [5.74, 6) is 2.67. The molecule has 0 N–H and O–H groups in total. The first kappa shape index (κ1) is 40.9. The Morgan fingerprint density at radius 1 is 0.493 bits per heavy atom. The average Bonchev–Trinajstić information content (AvgIpc) is 3.92. The molecule has 0 spiro atoms. The maximum absolute atomic E-state index is 7.64. The van der Waals surface area contributed by atoms with Crippen molar-refractivity contribution < 1.29 is 4.74 Å². The summed E-state index contributed by atoms with van der Waals surface area (Å²) in [7, 11) is -8.95. The minimum atomic E-state index is -3.34. The first-order chi connectivity index (χ1) is 32.8. The number of benzene rings is 7. The molecule has 0 bridgehead atoms. The van der Waals surface area contributed by atoms with Crippen LogP contribution in [0.2, 0.25) is 26.2 Å². The molecule has 0 atom stereocenters. The van der Waals surface area contributed by atoms with E-state index in [-0.39, 0.29) is 0 Å². The summed E-state index contributed by atoms with van der Waals surface area (Å²) in [4.78, 5) is 24.4. The molecule has 11 heteroatoms. The van der Waals surface area contributed by atoms with Crippen LogP contribution in [0.25, 0.3) is 33.5 Å². The molecule has 0 saturated carbocycles. The fraction of sp³-hybridized carbons (Fsp3) is 0.0893. The lowest BCUT2D eigenvalue weighted by Gasteiger charge is -2.56. The van der Waals surface area contributed by atoms with Gasteiger partial charge in [-0.15, -0.1) is 0 Å². The first-order valence-corrected chi connectivity index (χ1v) is 30.8. The Bertz CT molecular complexity index is 3540. The summed E-state index contributed by atoms with van der Waals surface area (Å²) in [6.45, 7) is 9.97. The van der Waals surface area contributed by atoms with Crippen LogP contribution in [0.3, 0.4) is 0 Å². The molecule has 0 radical (unpaired) electrons. The molecule has 12 rings (SSSR count). The topological polar surface area (TPSA) is 83.0 Å². The minimum absolute atomic E-state index is 0.545. The Morgan fingerprint density at radius 3 is 1.70 bits per heavy atom. The lowest BCUT2D eigenvalue weighted by Crippen LogP contribution is -2.78. The summed E-state index contributed by atoms with van der Waals surface area (Å²) in [5.41, 5.74) is 7.67. The highest BCUT2D eigenvalue weighted by atomic mass is 28.4. The summed E-state index contributed by atoms with van der Waals surface area (Å²) < 4.78 is 11.7. The van der Waals surface area contributed by atoms with E-state index in [2.05, 4.69) is 233 Å². The smallest absolute Gasteiger partial charge is 0.220 e. The Labute approximate surface area is 392 Å². The molecular formula is C56H47N7OSi3. The molecule has 0 saturated heterocycles. The quantitative estimate of drug-likeness (QED) is 0.108. The molecule has 5 heterocycles. The monoisotopic (exact) mass is 917 g/mol. The van der Waals surface area contributed by atoms with Crippen LogP contribution in [0.1, 0.15) is 11.1 Å². The second kappa shape index (κ2) is 15.5. The predicted molar refractivity (Wildman–Crippen MR) is 279 cm³/mol. The van der Waals surface area contributed by atoms with Gasteiger partial charge in [-0.1, -0.05) is 160 Å². The van der Waals surface area contributed by atoms with Gasteiger partial charge in [0.15, 0.2) is 8.07 Å². The summed E-state index contributed by atoms with van der Waals surface area (Å²) in [6, 6.07) is 68.7.